The summed E-state index contributed by atoms with van der Waals surface area (Å²) in [7, 11) is 0. The molecule has 4 nitrogen and oxygen atoms in total. The highest BCUT2D eigenvalue weighted by atomic mass is 35.5. The molecule has 20 heavy (non-hydrogen) atoms. The highest BCUT2D eigenvalue weighted by Gasteiger charge is 2.28. The molecular formula is C14H15ClFN3O. The average molecular weight is 296 g/mol. The molecule has 1 aromatic heterocycles. The Hall–Kier alpha value is -1.46. The Bertz CT molecular complexity index is 596. The monoisotopic (exact) mass is 295 g/mol. The Balaban J connectivity index is 1.77. The van der Waals surface area contributed by atoms with Crippen LogP contribution in [-0.4, -0.2) is 16.2 Å². The van der Waals surface area contributed by atoms with Gasteiger partial charge in [0.1, 0.15) is 5.82 Å². The smallest absolute Gasteiger partial charge is 0.229 e. The molecule has 0 amide bonds. The number of nitrogens with two attached hydrogens (primary N) is 1. The number of halogens is 2. The van der Waals surface area contributed by atoms with Crippen molar-refractivity contribution in [2.75, 3.05) is 0 Å². The van der Waals surface area contributed by atoms with Crippen LogP contribution in [0, 0.1) is 5.82 Å². The molecule has 0 radical (unpaired) electrons. The maximum absolute atomic E-state index is 13.7. The lowest BCUT2D eigenvalue weighted by Crippen LogP contribution is -2.14. The molecule has 0 bridgehead atoms. The molecule has 2 aromatic rings. The van der Waals surface area contributed by atoms with Gasteiger partial charge >= 0.3 is 0 Å². The van der Waals surface area contributed by atoms with E-state index in [-0.39, 0.29) is 24.2 Å². The van der Waals surface area contributed by atoms with Crippen molar-refractivity contribution in [2.24, 2.45) is 5.73 Å². The van der Waals surface area contributed by atoms with Crippen molar-refractivity contribution in [2.45, 2.75) is 37.6 Å². The fourth-order valence-electron chi connectivity index (χ4n) is 2.61. The highest BCUT2D eigenvalue weighted by molar-refractivity contribution is 6.31. The van der Waals surface area contributed by atoms with Gasteiger partial charge in [0.2, 0.25) is 5.89 Å². The molecular weight excluding hydrogens is 281 g/mol. The number of nitrogens with zero attached hydrogens (tertiary/aromatic N) is 2. The fourth-order valence-corrected chi connectivity index (χ4v) is 2.83. The summed E-state index contributed by atoms with van der Waals surface area (Å²) in [4.78, 5) is 4.35. The van der Waals surface area contributed by atoms with Crippen LogP contribution in [0.4, 0.5) is 4.39 Å². The quantitative estimate of drug-likeness (QED) is 0.945. The van der Waals surface area contributed by atoms with Crippen molar-refractivity contribution in [3.63, 3.8) is 0 Å². The second kappa shape index (κ2) is 5.50. The molecule has 1 heterocycles. The van der Waals surface area contributed by atoms with Crippen molar-refractivity contribution in [3.8, 4) is 0 Å². The fraction of sp³-hybridized carbons (Fsp3) is 0.429. The lowest BCUT2D eigenvalue weighted by molar-refractivity contribution is 0.349. The summed E-state index contributed by atoms with van der Waals surface area (Å²) in [6.45, 7) is 0. The van der Waals surface area contributed by atoms with Crippen molar-refractivity contribution in [1.82, 2.24) is 10.1 Å². The number of hydrogen-bond acceptors (Lipinski definition) is 4. The largest absolute Gasteiger partial charge is 0.339 e. The van der Waals surface area contributed by atoms with E-state index >= 15 is 0 Å². The molecule has 1 fully saturated rings. The summed E-state index contributed by atoms with van der Waals surface area (Å²) in [5, 5.41) is 4.29. The Kier molecular flexibility index (Phi) is 3.72. The first-order chi connectivity index (χ1) is 9.63. The van der Waals surface area contributed by atoms with E-state index in [2.05, 4.69) is 10.1 Å². The van der Waals surface area contributed by atoms with E-state index in [9.17, 15) is 4.39 Å². The first kappa shape index (κ1) is 13.5. The van der Waals surface area contributed by atoms with E-state index in [0.717, 1.165) is 19.3 Å². The lowest BCUT2D eigenvalue weighted by atomic mass is 10.1. The number of aromatic nitrogens is 2. The third kappa shape index (κ3) is 2.69. The average Bonchev–Trinajstić information content (AvgIpc) is 3.03. The summed E-state index contributed by atoms with van der Waals surface area (Å²) < 4.78 is 19.0. The molecule has 1 aliphatic rings. The Labute approximate surface area is 121 Å². The van der Waals surface area contributed by atoms with Crippen molar-refractivity contribution in [1.29, 1.82) is 0 Å². The van der Waals surface area contributed by atoms with Gasteiger partial charge in [0.05, 0.1) is 0 Å². The Morgan fingerprint density at radius 2 is 2.25 bits per heavy atom. The van der Waals surface area contributed by atoms with Crippen molar-refractivity contribution < 1.29 is 8.91 Å². The zero-order chi connectivity index (χ0) is 14.1. The minimum atomic E-state index is -0.355. The highest BCUT2D eigenvalue weighted by Crippen LogP contribution is 2.32. The van der Waals surface area contributed by atoms with Crippen LogP contribution >= 0.6 is 11.6 Å². The van der Waals surface area contributed by atoms with Gasteiger partial charge in [-0.1, -0.05) is 22.8 Å². The van der Waals surface area contributed by atoms with Crippen LogP contribution < -0.4 is 5.73 Å². The van der Waals surface area contributed by atoms with Crippen LogP contribution in [0.15, 0.2) is 22.7 Å². The van der Waals surface area contributed by atoms with E-state index in [0.29, 0.717) is 22.3 Å². The summed E-state index contributed by atoms with van der Waals surface area (Å²) in [6, 6.07) is 4.80. The molecule has 0 aliphatic heterocycles. The maximum atomic E-state index is 13.7. The molecule has 1 aliphatic carbocycles. The van der Waals surface area contributed by atoms with Gasteiger partial charge in [-0.2, -0.15) is 4.98 Å². The molecule has 6 heteroatoms. The molecule has 0 unspecified atom stereocenters. The lowest BCUT2D eigenvalue weighted by Gasteiger charge is -2.02. The first-order valence-corrected chi connectivity index (χ1v) is 7.02. The van der Waals surface area contributed by atoms with Gasteiger partial charge in [-0.15, -0.1) is 0 Å². The van der Waals surface area contributed by atoms with Crippen molar-refractivity contribution >= 4 is 11.6 Å². The van der Waals surface area contributed by atoms with E-state index in [1.807, 2.05) is 0 Å². The van der Waals surface area contributed by atoms with Crippen LogP contribution in [0.5, 0.6) is 0 Å². The minimum absolute atomic E-state index is 0.205. The summed E-state index contributed by atoms with van der Waals surface area (Å²) in [6.07, 6.45) is 3.03. The molecule has 0 saturated heterocycles. The standard InChI is InChI=1S/C14H15ClFN3O/c15-11-2-1-3-12(16)10(11)7-13-18-14(20-19-13)8-4-5-9(17)6-8/h1-3,8-9H,4-7,17H2/t8-,9+/m1/s1. The van der Waals surface area contributed by atoms with E-state index < -0.39 is 0 Å². The van der Waals surface area contributed by atoms with Crippen LogP contribution in [0.3, 0.4) is 0 Å². The van der Waals surface area contributed by atoms with Gasteiger partial charge in [0.15, 0.2) is 5.82 Å². The number of rotatable bonds is 3. The summed E-state index contributed by atoms with van der Waals surface area (Å²) in [5.74, 6) is 0.918. The van der Waals surface area contributed by atoms with Crippen LogP contribution in [0.25, 0.3) is 0 Å². The molecule has 3 rings (SSSR count). The SMILES string of the molecule is N[C@H]1CC[C@@H](c2nc(Cc3c(F)cccc3Cl)no2)C1. The first-order valence-electron chi connectivity index (χ1n) is 6.64. The zero-order valence-corrected chi connectivity index (χ0v) is 11.6. The number of hydrogen-bond donors (Lipinski definition) is 1. The van der Waals surface area contributed by atoms with Crippen molar-refractivity contribution in [3.05, 3.63) is 46.3 Å². The van der Waals surface area contributed by atoms with Gasteiger partial charge in [-0.05, 0) is 31.4 Å². The van der Waals surface area contributed by atoms with Gasteiger partial charge in [-0.3, -0.25) is 0 Å². The normalized spacial score (nSPS) is 22.4. The predicted molar refractivity (Wildman–Crippen MR) is 73.1 cm³/mol. The Morgan fingerprint density at radius 3 is 2.95 bits per heavy atom. The van der Waals surface area contributed by atoms with Gasteiger partial charge < -0.3 is 10.3 Å². The molecule has 1 saturated carbocycles. The Morgan fingerprint density at radius 1 is 1.40 bits per heavy atom. The van der Waals surface area contributed by atoms with E-state index in [4.69, 9.17) is 21.9 Å². The van der Waals surface area contributed by atoms with E-state index in [1.54, 1.807) is 12.1 Å². The zero-order valence-electron chi connectivity index (χ0n) is 10.9. The van der Waals surface area contributed by atoms with Crippen LogP contribution in [-0.2, 0) is 6.42 Å². The molecule has 2 N–H and O–H groups in total. The maximum Gasteiger partial charge on any atom is 0.229 e. The number of benzene rings is 1. The second-order valence-electron chi connectivity index (χ2n) is 5.20. The van der Waals surface area contributed by atoms with Gasteiger partial charge in [-0.25, -0.2) is 4.39 Å². The molecule has 0 spiro atoms. The predicted octanol–water partition coefficient (Wildman–Crippen LogP) is 3.05. The van der Waals surface area contributed by atoms with Crippen LogP contribution in [0.2, 0.25) is 5.02 Å². The summed E-state index contributed by atoms with van der Waals surface area (Å²) in [5.41, 5.74) is 6.27. The molecule has 1 aromatic carbocycles. The second-order valence-corrected chi connectivity index (χ2v) is 5.60. The topological polar surface area (TPSA) is 64.9 Å². The van der Waals surface area contributed by atoms with Crippen LogP contribution in [0.1, 0.15) is 42.5 Å². The molecule has 106 valence electrons. The van der Waals surface area contributed by atoms with E-state index in [1.165, 1.54) is 6.07 Å². The summed E-state index contributed by atoms with van der Waals surface area (Å²) >= 11 is 5.99. The minimum Gasteiger partial charge on any atom is -0.339 e. The van der Waals surface area contributed by atoms with Gasteiger partial charge in [0, 0.05) is 29.0 Å². The third-order valence-electron chi connectivity index (χ3n) is 3.70. The molecule has 2 atom stereocenters. The van der Waals surface area contributed by atoms with Gasteiger partial charge in [0.25, 0.3) is 0 Å². The third-order valence-corrected chi connectivity index (χ3v) is 4.06.